The molecule has 0 saturated heterocycles. The minimum Gasteiger partial charge on any atom is -0.303 e. The fourth-order valence-corrected chi connectivity index (χ4v) is 2.33. The molecule has 1 aliphatic heterocycles. The number of carbonyl (C=O) groups excluding carboxylic acids is 1. The van der Waals surface area contributed by atoms with Crippen LogP contribution in [0.3, 0.4) is 0 Å². The predicted molar refractivity (Wildman–Crippen MR) is 130 cm³/mol. The second kappa shape index (κ2) is 20.2. The van der Waals surface area contributed by atoms with E-state index in [4.69, 9.17) is 0 Å². The van der Waals surface area contributed by atoms with E-state index in [9.17, 15) is 4.79 Å². The zero-order valence-corrected chi connectivity index (χ0v) is 19.2. The molecule has 29 heavy (non-hydrogen) atoms. The summed E-state index contributed by atoms with van der Waals surface area (Å²) in [5.41, 5.74) is 4.56. The smallest absolute Gasteiger partial charge is 0.120 e. The van der Waals surface area contributed by atoms with Gasteiger partial charge in [0.2, 0.25) is 0 Å². The molecule has 0 atom stereocenters. The largest absolute Gasteiger partial charge is 0.303 e. The number of carbonyl (C=O) groups is 1. The number of pyridine rings is 1. The summed E-state index contributed by atoms with van der Waals surface area (Å²) in [5.74, 6) is 0. The van der Waals surface area contributed by atoms with E-state index < -0.39 is 0 Å². The lowest BCUT2D eigenvalue weighted by molar-refractivity contribution is -0.107. The third-order valence-electron chi connectivity index (χ3n) is 3.61. The number of nitrogens with zero attached hydrogens (tertiary/aromatic N) is 2. The summed E-state index contributed by atoms with van der Waals surface area (Å²) in [5, 5.41) is 0. The van der Waals surface area contributed by atoms with Gasteiger partial charge in [0.25, 0.3) is 0 Å². The first kappa shape index (κ1) is 28.7. The van der Waals surface area contributed by atoms with Crippen molar-refractivity contribution >= 4 is 11.9 Å². The van der Waals surface area contributed by atoms with Crippen LogP contribution in [0.5, 0.6) is 0 Å². The molecular weight excluding hydrogens is 356 g/mol. The van der Waals surface area contributed by atoms with Crippen molar-refractivity contribution < 1.29 is 4.79 Å². The van der Waals surface area contributed by atoms with Crippen LogP contribution in [-0.4, -0.2) is 36.3 Å². The third-order valence-corrected chi connectivity index (χ3v) is 3.61. The molecule has 0 radical (unpaired) electrons. The van der Waals surface area contributed by atoms with Gasteiger partial charge in [-0.25, -0.2) is 0 Å². The maximum atomic E-state index is 9.90. The number of hydrogen-bond acceptors (Lipinski definition) is 3. The molecule has 0 N–H and O–H groups in total. The zero-order valence-electron chi connectivity index (χ0n) is 19.2. The molecule has 0 unspecified atom stereocenters. The Kier molecular flexibility index (Phi) is 20.0. The number of aryl methyl sites for hydroxylation is 1. The van der Waals surface area contributed by atoms with E-state index in [1.807, 2.05) is 45.9 Å². The lowest BCUT2D eigenvalue weighted by Crippen LogP contribution is -2.25. The Bertz CT molecular complexity index is 656. The Morgan fingerprint density at radius 2 is 1.93 bits per heavy atom. The van der Waals surface area contributed by atoms with Gasteiger partial charge in [0.05, 0.1) is 5.69 Å². The van der Waals surface area contributed by atoms with Crippen LogP contribution in [-0.2, 0) is 4.79 Å². The zero-order chi connectivity index (χ0) is 22.5. The Hall–Kier alpha value is -2.52. The van der Waals surface area contributed by atoms with Crippen molar-refractivity contribution in [3.8, 4) is 0 Å². The highest BCUT2D eigenvalue weighted by molar-refractivity contribution is 5.64. The summed E-state index contributed by atoms with van der Waals surface area (Å²) in [6.07, 6.45) is 12.8. The molecule has 0 aromatic carbocycles. The number of rotatable bonds is 6. The Morgan fingerprint density at radius 3 is 2.45 bits per heavy atom. The van der Waals surface area contributed by atoms with Crippen LogP contribution in [0, 0.1) is 6.92 Å². The SMILES string of the molecule is C=C/C=C\C(=C)CCC=O.C=CC.CC.Cc1cccc(C2=CCCN(C)C2)n1. The first-order valence-electron chi connectivity index (χ1n) is 10.3. The Labute approximate surface area is 179 Å². The fraction of sp³-hybridized carbons (Fsp3) is 0.385. The highest BCUT2D eigenvalue weighted by Gasteiger charge is 2.10. The van der Waals surface area contributed by atoms with Gasteiger partial charge in [-0.2, -0.15) is 0 Å². The van der Waals surface area contributed by atoms with Crippen LogP contribution in [0.4, 0.5) is 0 Å². The van der Waals surface area contributed by atoms with Crippen LogP contribution < -0.4 is 0 Å². The third kappa shape index (κ3) is 16.2. The first-order chi connectivity index (χ1) is 14.0. The molecule has 0 amide bonds. The van der Waals surface area contributed by atoms with Crippen molar-refractivity contribution in [3.05, 3.63) is 85.3 Å². The molecule has 0 fully saturated rings. The average Bonchev–Trinajstić information content (AvgIpc) is 2.73. The summed E-state index contributed by atoms with van der Waals surface area (Å²) < 4.78 is 0. The highest BCUT2D eigenvalue weighted by Crippen LogP contribution is 2.18. The molecule has 0 saturated carbocycles. The van der Waals surface area contributed by atoms with Crippen LogP contribution in [0.2, 0.25) is 0 Å². The van der Waals surface area contributed by atoms with Crippen LogP contribution in [0.15, 0.2) is 73.9 Å². The van der Waals surface area contributed by atoms with Gasteiger partial charge in [-0.1, -0.05) is 69.0 Å². The summed E-state index contributed by atoms with van der Waals surface area (Å²) in [6, 6.07) is 6.21. The molecule has 2 rings (SSSR count). The van der Waals surface area contributed by atoms with Gasteiger partial charge in [0.1, 0.15) is 6.29 Å². The van der Waals surface area contributed by atoms with Crippen molar-refractivity contribution in [2.75, 3.05) is 20.1 Å². The molecule has 0 spiro atoms. The van der Waals surface area contributed by atoms with Gasteiger partial charge >= 0.3 is 0 Å². The highest BCUT2D eigenvalue weighted by atomic mass is 16.1. The Morgan fingerprint density at radius 1 is 1.28 bits per heavy atom. The fourth-order valence-electron chi connectivity index (χ4n) is 2.33. The molecule has 0 aliphatic carbocycles. The van der Waals surface area contributed by atoms with Crippen molar-refractivity contribution in [1.29, 1.82) is 0 Å². The van der Waals surface area contributed by atoms with E-state index in [2.05, 4.69) is 54.9 Å². The normalized spacial score (nSPS) is 12.7. The molecule has 3 nitrogen and oxygen atoms in total. The molecular formula is C26H40N2O. The standard InChI is InChI=1S/C12H16N2.C9H12O.C3H6.C2H6/c1-10-5-3-7-12(13-10)11-6-4-8-14(2)9-11;1-3-4-6-9(2)7-5-8-10;1-3-2;1-2/h3,5-7H,4,8-9H2,1-2H3;3-4,6,8H,1-2,5,7H2;3H,1H2,2H3;1-2H3/b;6-4-;;. The van der Waals surface area contributed by atoms with Gasteiger partial charge < -0.3 is 9.69 Å². The van der Waals surface area contributed by atoms with E-state index in [1.165, 1.54) is 5.57 Å². The van der Waals surface area contributed by atoms with Gasteiger partial charge in [-0.15, -0.1) is 6.58 Å². The van der Waals surface area contributed by atoms with Crippen molar-refractivity contribution in [3.63, 3.8) is 0 Å². The quantitative estimate of drug-likeness (QED) is 0.309. The van der Waals surface area contributed by atoms with E-state index in [0.717, 1.165) is 49.2 Å². The van der Waals surface area contributed by atoms with E-state index in [1.54, 1.807) is 12.2 Å². The summed E-state index contributed by atoms with van der Waals surface area (Å²) in [4.78, 5) is 16.8. The maximum absolute atomic E-state index is 9.90. The van der Waals surface area contributed by atoms with Crippen molar-refractivity contribution in [1.82, 2.24) is 9.88 Å². The van der Waals surface area contributed by atoms with Gasteiger partial charge in [0.15, 0.2) is 0 Å². The molecule has 1 aliphatic rings. The average molecular weight is 397 g/mol. The summed E-state index contributed by atoms with van der Waals surface area (Å²) in [6.45, 7) is 20.7. The molecule has 0 bridgehead atoms. The predicted octanol–water partition coefficient (Wildman–Crippen LogP) is 6.59. The van der Waals surface area contributed by atoms with E-state index in [-0.39, 0.29) is 0 Å². The lowest BCUT2D eigenvalue weighted by atomic mass is 10.1. The van der Waals surface area contributed by atoms with Crippen molar-refractivity contribution in [2.45, 2.75) is 47.0 Å². The van der Waals surface area contributed by atoms with Gasteiger partial charge in [-0.3, -0.25) is 4.98 Å². The maximum Gasteiger partial charge on any atom is 0.120 e. The van der Waals surface area contributed by atoms with Gasteiger partial charge in [0, 0.05) is 25.2 Å². The van der Waals surface area contributed by atoms with Gasteiger partial charge in [-0.05, 0) is 51.4 Å². The number of aldehydes is 1. The Balaban J connectivity index is 0. The monoisotopic (exact) mass is 396 g/mol. The topological polar surface area (TPSA) is 33.2 Å². The minimum absolute atomic E-state index is 0.556. The minimum atomic E-state index is 0.556. The summed E-state index contributed by atoms with van der Waals surface area (Å²) >= 11 is 0. The first-order valence-corrected chi connectivity index (χ1v) is 10.3. The molecule has 1 aromatic rings. The number of aromatic nitrogens is 1. The molecule has 160 valence electrons. The molecule has 1 aromatic heterocycles. The number of hydrogen-bond donors (Lipinski definition) is 0. The van der Waals surface area contributed by atoms with Crippen LogP contribution in [0.25, 0.3) is 5.57 Å². The number of likely N-dealkylation sites (N-methyl/N-ethyl adjacent to an activating group) is 1. The molecule has 3 heteroatoms. The van der Waals surface area contributed by atoms with Crippen molar-refractivity contribution in [2.24, 2.45) is 0 Å². The van der Waals surface area contributed by atoms with E-state index >= 15 is 0 Å². The van der Waals surface area contributed by atoms with E-state index in [0.29, 0.717) is 6.42 Å². The lowest BCUT2D eigenvalue weighted by Gasteiger charge is -2.22. The number of allylic oxidation sites excluding steroid dienone is 5. The summed E-state index contributed by atoms with van der Waals surface area (Å²) in [7, 11) is 2.16. The second-order valence-corrected chi connectivity index (χ2v) is 6.29. The van der Waals surface area contributed by atoms with Crippen LogP contribution in [0.1, 0.15) is 51.4 Å². The molecule has 2 heterocycles. The van der Waals surface area contributed by atoms with Crippen LogP contribution >= 0.6 is 0 Å². The second-order valence-electron chi connectivity index (χ2n) is 6.29.